The second-order valence-electron chi connectivity index (χ2n) is 5.30. The molecule has 0 radical (unpaired) electrons. The van der Waals surface area contributed by atoms with E-state index in [2.05, 4.69) is 4.98 Å². The molecule has 2 heterocycles. The number of aryl methyl sites for hydroxylation is 1. The van der Waals surface area contributed by atoms with Gasteiger partial charge in [-0.3, -0.25) is 13.9 Å². The number of imidazole rings is 1. The van der Waals surface area contributed by atoms with Crippen LogP contribution in [0.4, 0.5) is 0 Å². The molecule has 0 aliphatic rings. The number of fused-ring (bicyclic) bond motifs is 1. The van der Waals surface area contributed by atoms with Crippen LogP contribution in [0.1, 0.15) is 26.1 Å². The van der Waals surface area contributed by atoms with Crippen molar-refractivity contribution in [2.45, 2.75) is 46.0 Å². The number of aromatic nitrogens is 4. The minimum Gasteiger partial charge on any atom is -0.377 e. The summed E-state index contributed by atoms with van der Waals surface area (Å²) in [5, 5.41) is 0. The van der Waals surface area contributed by atoms with Gasteiger partial charge >= 0.3 is 5.69 Å². The van der Waals surface area contributed by atoms with Crippen LogP contribution in [0.25, 0.3) is 11.2 Å². The normalized spacial score (nSPS) is 13.0. The molecule has 0 saturated heterocycles. The first-order valence-electron chi connectivity index (χ1n) is 7.39. The molecule has 22 heavy (non-hydrogen) atoms. The Hall–Kier alpha value is -1.93. The molecule has 0 amide bonds. The van der Waals surface area contributed by atoms with Crippen molar-refractivity contribution in [3.63, 3.8) is 0 Å². The van der Waals surface area contributed by atoms with Gasteiger partial charge in [-0.05, 0) is 13.3 Å². The van der Waals surface area contributed by atoms with Gasteiger partial charge in [0.05, 0.1) is 0 Å². The monoisotopic (exact) mass is 309 g/mol. The van der Waals surface area contributed by atoms with Gasteiger partial charge in [-0.1, -0.05) is 6.92 Å². The lowest BCUT2D eigenvalue weighted by Gasteiger charge is -2.13. The summed E-state index contributed by atoms with van der Waals surface area (Å²) in [6.07, 6.45) is 0.778. The summed E-state index contributed by atoms with van der Waals surface area (Å²) in [7, 11) is 3.04. The van der Waals surface area contributed by atoms with Crippen molar-refractivity contribution in [1.82, 2.24) is 18.7 Å². The molecular weight excluding hydrogens is 286 g/mol. The summed E-state index contributed by atoms with van der Waals surface area (Å²) in [5.74, 6) is 0.603. The molecule has 0 aliphatic carbocycles. The lowest BCUT2D eigenvalue weighted by Crippen LogP contribution is -2.39. The molecule has 122 valence electrons. The van der Waals surface area contributed by atoms with Crippen molar-refractivity contribution in [3.8, 4) is 0 Å². The Balaban J connectivity index is 2.85. The minimum absolute atomic E-state index is 0.0975. The Morgan fingerprint density at radius 2 is 1.95 bits per heavy atom. The molecule has 0 bridgehead atoms. The van der Waals surface area contributed by atoms with Gasteiger partial charge in [0.2, 0.25) is 0 Å². The average molecular weight is 309 g/mol. The van der Waals surface area contributed by atoms with Crippen molar-refractivity contribution in [3.05, 3.63) is 26.7 Å². The molecular formula is C14H23N5O3. The fourth-order valence-corrected chi connectivity index (χ4v) is 2.49. The first kappa shape index (κ1) is 16.4. The molecule has 2 aromatic heterocycles. The smallest absolute Gasteiger partial charge is 0.332 e. The highest BCUT2D eigenvalue weighted by molar-refractivity contribution is 5.71. The molecule has 2 aromatic rings. The minimum atomic E-state index is -0.367. The van der Waals surface area contributed by atoms with E-state index in [0.29, 0.717) is 30.1 Å². The molecule has 2 N–H and O–H groups in total. The molecule has 0 fully saturated rings. The molecule has 2 rings (SSSR count). The lowest BCUT2D eigenvalue weighted by atomic mass is 10.2. The van der Waals surface area contributed by atoms with Crippen LogP contribution in [0.2, 0.25) is 0 Å². The SMILES string of the molecule is CCC(N)Cn1c(COC)nc2c1c(=O)n(C)c(=O)n2CC. The molecule has 0 spiro atoms. The van der Waals surface area contributed by atoms with Gasteiger partial charge in [0.1, 0.15) is 12.4 Å². The van der Waals surface area contributed by atoms with E-state index in [0.717, 1.165) is 11.0 Å². The summed E-state index contributed by atoms with van der Waals surface area (Å²) in [4.78, 5) is 29.2. The van der Waals surface area contributed by atoms with E-state index in [9.17, 15) is 9.59 Å². The Morgan fingerprint density at radius 3 is 2.50 bits per heavy atom. The highest BCUT2D eigenvalue weighted by atomic mass is 16.5. The van der Waals surface area contributed by atoms with Crippen molar-refractivity contribution in [2.24, 2.45) is 12.8 Å². The zero-order valence-corrected chi connectivity index (χ0v) is 13.5. The number of nitrogens with zero attached hydrogens (tertiary/aromatic N) is 4. The zero-order chi connectivity index (χ0) is 16.4. The van der Waals surface area contributed by atoms with Crippen LogP contribution in [0.3, 0.4) is 0 Å². The Morgan fingerprint density at radius 1 is 1.27 bits per heavy atom. The molecule has 0 saturated carbocycles. The predicted molar refractivity (Wildman–Crippen MR) is 83.9 cm³/mol. The standard InChI is InChI=1S/C14H23N5O3/c1-5-9(15)7-19-10(8-22-4)16-12-11(19)13(20)17(3)14(21)18(12)6-2/h9H,5-8,15H2,1-4H3. The highest BCUT2D eigenvalue weighted by Gasteiger charge is 2.20. The van der Waals surface area contributed by atoms with Crippen LogP contribution in [0, 0.1) is 0 Å². The topological polar surface area (TPSA) is 97.1 Å². The molecule has 8 nitrogen and oxygen atoms in total. The van der Waals surface area contributed by atoms with Crippen molar-refractivity contribution >= 4 is 11.2 Å². The Bertz CT molecular complexity index is 786. The third-order valence-electron chi connectivity index (χ3n) is 3.84. The van der Waals surface area contributed by atoms with E-state index in [1.54, 1.807) is 11.7 Å². The lowest BCUT2D eigenvalue weighted by molar-refractivity contribution is 0.174. The summed E-state index contributed by atoms with van der Waals surface area (Å²) in [5.41, 5.74) is 6.11. The first-order valence-corrected chi connectivity index (χ1v) is 7.39. The summed E-state index contributed by atoms with van der Waals surface area (Å²) < 4.78 is 9.54. The van der Waals surface area contributed by atoms with Gasteiger partial charge in [0.25, 0.3) is 5.56 Å². The van der Waals surface area contributed by atoms with Gasteiger partial charge in [0.15, 0.2) is 11.2 Å². The number of hydrogen-bond donors (Lipinski definition) is 1. The first-order chi connectivity index (χ1) is 10.5. The molecule has 1 unspecified atom stereocenters. The van der Waals surface area contributed by atoms with Crippen molar-refractivity contribution < 1.29 is 4.74 Å². The van der Waals surface area contributed by atoms with Gasteiger partial charge < -0.3 is 15.0 Å². The van der Waals surface area contributed by atoms with Crippen LogP contribution in [-0.4, -0.2) is 31.8 Å². The third kappa shape index (κ3) is 2.59. The van der Waals surface area contributed by atoms with Crippen LogP contribution in [0.5, 0.6) is 0 Å². The molecule has 8 heteroatoms. The maximum atomic E-state index is 12.5. The summed E-state index contributed by atoms with van der Waals surface area (Å²) >= 11 is 0. The van der Waals surface area contributed by atoms with Crippen LogP contribution in [-0.2, 0) is 31.5 Å². The maximum Gasteiger partial charge on any atom is 0.332 e. The third-order valence-corrected chi connectivity index (χ3v) is 3.84. The number of hydrogen-bond acceptors (Lipinski definition) is 5. The number of rotatable bonds is 6. The van der Waals surface area contributed by atoms with E-state index in [1.165, 1.54) is 11.6 Å². The molecule has 0 aliphatic heterocycles. The molecule has 0 aromatic carbocycles. The number of nitrogens with two attached hydrogens (primary N) is 1. The highest BCUT2D eigenvalue weighted by Crippen LogP contribution is 2.13. The second-order valence-corrected chi connectivity index (χ2v) is 5.30. The number of methoxy groups -OCH3 is 1. The van der Waals surface area contributed by atoms with E-state index in [-0.39, 0.29) is 23.9 Å². The fraction of sp³-hybridized carbons (Fsp3) is 0.643. The summed E-state index contributed by atoms with van der Waals surface area (Å²) in [6, 6.07) is -0.0975. The van der Waals surface area contributed by atoms with Gasteiger partial charge in [-0.2, -0.15) is 0 Å². The predicted octanol–water partition coefficient (Wildman–Crippen LogP) is -0.200. The van der Waals surface area contributed by atoms with Crippen molar-refractivity contribution in [1.29, 1.82) is 0 Å². The van der Waals surface area contributed by atoms with Crippen LogP contribution < -0.4 is 17.0 Å². The van der Waals surface area contributed by atoms with Gasteiger partial charge in [-0.15, -0.1) is 0 Å². The van der Waals surface area contributed by atoms with Gasteiger partial charge in [-0.25, -0.2) is 9.78 Å². The van der Waals surface area contributed by atoms with Gasteiger partial charge in [0, 0.05) is 33.3 Å². The number of ether oxygens (including phenoxy) is 1. The maximum absolute atomic E-state index is 12.5. The largest absolute Gasteiger partial charge is 0.377 e. The second kappa shape index (κ2) is 6.45. The van der Waals surface area contributed by atoms with E-state index in [4.69, 9.17) is 10.5 Å². The zero-order valence-electron chi connectivity index (χ0n) is 13.5. The van der Waals surface area contributed by atoms with E-state index >= 15 is 0 Å². The molecule has 1 atom stereocenters. The fourth-order valence-electron chi connectivity index (χ4n) is 2.49. The summed E-state index contributed by atoms with van der Waals surface area (Å²) in [6.45, 7) is 4.99. The van der Waals surface area contributed by atoms with E-state index < -0.39 is 0 Å². The quantitative estimate of drug-likeness (QED) is 0.797. The Labute approximate surface area is 128 Å². The van der Waals surface area contributed by atoms with E-state index in [1.807, 2.05) is 13.8 Å². The van der Waals surface area contributed by atoms with Crippen LogP contribution >= 0.6 is 0 Å². The Kier molecular flexibility index (Phi) is 4.82. The average Bonchev–Trinajstić information content (AvgIpc) is 2.84. The van der Waals surface area contributed by atoms with Crippen LogP contribution in [0.15, 0.2) is 9.59 Å². The van der Waals surface area contributed by atoms with Crippen molar-refractivity contribution in [2.75, 3.05) is 7.11 Å².